The number of nitro benzene ring substituents is 1. The first kappa shape index (κ1) is 19.7. The number of thiocarbonyl (C=S) groups is 1. The molecule has 1 aromatic rings. The molecule has 1 saturated heterocycles. The van der Waals surface area contributed by atoms with Gasteiger partial charge in [-0.2, -0.15) is 0 Å². The lowest BCUT2D eigenvalue weighted by Gasteiger charge is -2.13. The first-order valence-corrected chi connectivity index (χ1v) is 8.49. The molecule has 11 heteroatoms. The zero-order valence-electron chi connectivity index (χ0n) is 13.5. The smallest absolute Gasteiger partial charge is 0.315 e. The second-order valence-corrected chi connectivity index (χ2v) is 6.85. The number of nitro groups is 1. The predicted octanol–water partition coefficient (Wildman–Crippen LogP) is 2.38. The van der Waals surface area contributed by atoms with E-state index in [1.807, 2.05) is 0 Å². The Morgan fingerprint density at radius 3 is 2.77 bits per heavy atom. The average molecular weight is 398 g/mol. The van der Waals surface area contributed by atoms with Crippen LogP contribution in [0.15, 0.2) is 17.0 Å². The largest absolute Gasteiger partial charge is 0.502 e. The van der Waals surface area contributed by atoms with Crippen molar-refractivity contribution in [3.8, 4) is 11.5 Å². The molecule has 0 radical (unpaired) electrons. The van der Waals surface area contributed by atoms with E-state index in [2.05, 4.69) is 0 Å². The fourth-order valence-electron chi connectivity index (χ4n) is 2.20. The molecule has 9 nitrogen and oxygen atoms in total. The Hall–Kier alpha value is -2.66. The van der Waals surface area contributed by atoms with Gasteiger partial charge in [0.1, 0.15) is 10.1 Å². The quantitative estimate of drug-likeness (QED) is 0.307. The van der Waals surface area contributed by atoms with Gasteiger partial charge in [-0.3, -0.25) is 24.6 Å². The van der Waals surface area contributed by atoms with Gasteiger partial charge in [0.15, 0.2) is 0 Å². The number of methoxy groups -OCH3 is 1. The number of phenolic OH excluding ortho intramolecular Hbond substituents is 1. The van der Waals surface area contributed by atoms with Crippen LogP contribution in [0.4, 0.5) is 5.69 Å². The van der Waals surface area contributed by atoms with Gasteiger partial charge in [-0.05, 0) is 18.6 Å². The number of carboxylic acid groups (broad SMARTS) is 1. The number of rotatable bonds is 7. The van der Waals surface area contributed by atoms with E-state index in [0.29, 0.717) is 0 Å². The number of carbonyl (C=O) groups excluding carboxylic acids is 1. The van der Waals surface area contributed by atoms with Gasteiger partial charge < -0.3 is 14.9 Å². The Morgan fingerprint density at radius 1 is 1.50 bits per heavy atom. The fraction of sp³-hybridized carbons (Fsp3) is 0.267. The van der Waals surface area contributed by atoms with Gasteiger partial charge in [-0.15, -0.1) is 0 Å². The molecule has 1 heterocycles. The van der Waals surface area contributed by atoms with Gasteiger partial charge >= 0.3 is 11.7 Å². The van der Waals surface area contributed by atoms with E-state index in [-0.39, 0.29) is 39.9 Å². The molecule has 0 spiro atoms. The van der Waals surface area contributed by atoms with Crippen molar-refractivity contribution in [2.24, 2.45) is 0 Å². The average Bonchev–Trinajstić information content (AvgIpc) is 2.83. The summed E-state index contributed by atoms with van der Waals surface area (Å²) in [5.74, 6) is -1.86. The standard InChI is InChI=1S/C15H14N2O7S2/c1-24-9-5-8(13(20)10(7-9)17(22)23)6-11-14(21)16(15(25)26-11)4-2-3-12(18)19/h5-7,20H,2-4H2,1H3,(H,18,19)/b11-6-. The monoisotopic (exact) mass is 398 g/mol. The Bertz CT molecular complexity index is 822. The molecule has 1 aliphatic heterocycles. The van der Waals surface area contributed by atoms with Crippen molar-refractivity contribution >= 4 is 51.9 Å². The second kappa shape index (κ2) is 8.15. The number of amides is 1. The number of ether oxygens (including phenoxy) is 1. The molecule has 1 amide bonds. The fourth-order valence-corrected chi connectivity index (χ4v) is 3.50. The molecule has 1 fully saturated rings. The highest BCUT2D eigenvalue weighted by Gasteiger charge is 2.32. The van der Waals surface area contributed by atoms with Crippen LogP contribution in [0.25, 0.3) is 6.08 Å². The lowest BCUT2D eigenvalue weighted by molar-refractivity contribution is -0.385. The minimum Gasteiger partial charge on any atom is -0.502 e. The number of carboxylic acids is 1. The summed E-state index contributed by atoms with van der Waals surface area (Å²) < 4.78 is 5.23. The summed E-state index contributed by atoms with van der Waals surface area (Å²) in [6, 6.07) is 2.43. The molecule has 0 aromatic heterocycles. The van der Waals surface area contributed by atoms with Crippen molar-refractivity contribution < 1.29 is 29.5 Å². The number of hydrogen-bond acceptors (Lipinski definition) is 8. The summed E-state index contributed by atoms with van der Waals surface area (Å²) in [6.07, 6.45) is 1.44. The van der Waals surface area contributed by atoms with E-state index in [1.54, 1.807) is 0 Å². The van der Waals surface area contributed by atoms with Crippen molar-refractivity contribution in [2.75, 3.05) is 13.7 Å². The Kier molecular flexibility index (Phi) is 6.16. The lowest BCUT2D eigenvalue weighted by atomic mass is 10.1. The Balaban J connectivity index is 2.31. The van der Waals surface area contributed by atoms with Crippen LogP contribution in [0.2, 0.25) is 0 Å². The maximum atomic E-state index is 12.4. The number of carbonyl (C=O) groups is 2. The first-order chi connectivity index (χ1) is 12.2. The lowest BCUT2D eigenvalue weighted by Crippen LogP contribution is -2.29. The number of hydrogen-bond donors (Lipinski definition) is 2. The minimum atomic E-state index is -0.973. The molecule has 0 bridgehead atoms. The van der Waals surface area contributed by atoms with Crippen molar-refractivity contribution in [1.29, 1.82) is 0 Å². The van der Waals surface area contributed by atoms with Crippen LogP contribution in [-0.2, 0) is 9.59 Å². The first-order valence-electron chi connectivity index (χ1n) is 7.27. The van der Waals surface area contributed by atoms with Crippen LogP contribution >= 0.6 is 24.0 Å². The normalized spacial score (nSPS) is 15.6. The van der Waals surface area contributed by atoms with Gasteiger partial charge in [-0.1, -0.05) is 24.0 Å². The molecule has 0 unspecified atom stereocenters. The zero-order chi connectivity index (χ0) is 19.4. The molecule has 2 N–H and O–H groups in total. The molecule has 1 aromatic carbocycles. The van der Waals surface area contributed by atoms with Crippen molar-refractivity contribution in [1.82, 2.24) is 4.90 Å². The summed E-state index contributed by atoms with van der Waals surface area (Å²) in [5, 5.41) is 29.8. The Morgan fingerprint density at radius 2 is 2.19 bits per heavy atom. The van der Waals surface area contributed by atoms with Gasteiger partial charge in [0.25, 0.3) is 5.91 Å². The van der Waals surface area contributed by atoms with Crippen molar-refractivity contribution in [3.63, 3.8) is 0 Å². The number of nitrogens with zero attached hydrogens (tertiary/aromatic N) is 2. The highest BCUT2D eigenvalue weighted by atomic mass is 32.2. The summed E-state index contributed by atoms with van der Waals surface area (Å²) in [7, 11) is 1.32. The van der Waals surface area contributed by atoms with Crippen LogP contribution in [-0.4, -0.2) is 49.9 Å². The topological polar surface area (TPSA) is 130 Å². The minimum absolute atomic E-state index is 0.0436. The third-order valence-electron chi connectivity index (χ3n) is 3.46. The van der Waals surface area contributed by atoms with Gasteiger partial charge in [-0.25, -0.2) is 0 Å². The summed E-state index contributed by atoms with van der Waals surface area (Å²) in [4.78, 5) is 34.7. The molecule has 26 heavy (non-hydrogen) atoms. The van der Waals surface area contributed by atoms with E-state index in [9.17, 15) is 24.8 Å². The van der Waals surface area contributed by atoms with Crippen molar-refractivity contribution in [3.05, 3.63) is 32.7 Å². The maximum Gasteiger partial charge on any atom is 0.315 e. The van der Waals surface area contributed by atoms with E-state index >= 15 is 0 Å². The number of phenols is 1. The van der Waals surface area contributed by atoms with Crippen LogP contribution in [0.1, 0.15) is 18.4 Å². The van der Waals surface area contributed by atoms with Gasteiger partial charge in [0.05, 0.1) is 23.0 Å². The Labute approximate surface area is 157 Å². The molecule has 0 saturated carbocycles. The second-order valence-electron chi connectivity index (χ2n) is 5.17. The summed E-state index contributed by atoms with van der Waals surface area (Å²) >= 11 is 6.09. The van der Waals surface area contributed by atoms with E-state index in [0.717, 1.165) is 17.8 Å². The molecule has 0 atom stereocenters. The zero-order valence-corrected chi connectivity index (χ0v) is 15.1. The summed E-state index contributed by atoms with van der Waals surface area (Å²) in [5.41, 5.74) is -0.505. The highest BCUT2D eigenvalue weighted by molar-refractivity contribution is 8.26. The van der Waals surface area contributed by atoms with E-state index in [4.69, 9.17) is 22.1 Å². The molecule has 1 aliphatic rings. The van der Waals surface area contributed by atoms with E-state index in [1.165, 1.54) is 24.2 Å². The molecular weight excluding hydrogens is 384 g/mol. The highest BCUT2D eigenvalue weighted by Crippen LogP contribution is 2.39. The van der Waals surface area contributed by atoms with Gasteiger partial charge in [0.2, 0.25) is 5.75 Å². The molecular formula is C15H14N2O7S2. The van der Waals surface area contributed by atoms with E-state index < -0.39 is 28.2 Å². The number of aliphatic carboxylic acids is 1. The SMILES string of the molecule is COc1cc(/C=C2\SC(=S)N(CCCC(=O)O)C2=O)c(O)c([N+](=O)[O-])c1. The van der Waals surface area contributed by atoms with Crippen LogP contribution in [0.5, 0.6) is 11.5 Å². The number of aromatic hydroxyl groups is 1. The number of thioether (sulfide) groups is 1. The van der Waals surface area contributed by atoms with Crippen molar-refractivity contribution in [2.45, 2.75) is 12.8 Å². The maximum absolute atomic E-state index is 12.4. The van der Waals surface area contributed by atoms with Gasteiger partial charge in [0, 0.05) is 18.5 Å². The number of benzene rings is 1. The van der Waals surface area contributed by atoms with Crippen LogP contribution in [0.3, 0.4) is 0 Å². The molecule has 0 aliphatic carbocycles. The third-order valence-corrected chi connectivity index (χ3v) is 4.84. The summed E-state index contributed by atoms with van der Waals surface area (Å²) in [6.45, 7) is 0.151. The molecule has 138 valence electrons. The predicted molar refractivity (Wildman–Crippen MR) is 98.1 cm³/mol. The molecule has 2 rings (SSSR count). The third kappa shape index (κ3) is 4.29. The van der Waals surface area contributed by atoms with Crippen LogP contribution in [0, 0.1) is 10.1 Å². The van der Waals surface area contributed by atoms with Crippen LogP contribution < -0.4 is 4.74 Å².